The maximum atomic E-state index is 13.4. The minimum atomic E-state index is -0.130. The Morgan fingerprint density at radius 2 is 1.82 bits per heavy atom. The maximum Gasteiger partial charge on any atom is 0.200 e. The molecule has 1 aliphatic heterocycles. The van der Waals surface area contributed by atoms with Crippen LogP contribution in [-0.2, 0) is 13.1 Å². The van der Waals surface area contributed by atoms with Crippen LogP contribution in [0.3, 0.4) is 0 Å². The molecule has 5 rings (SSSR count). The van der Waals surface area contributed by atoms with E-state index in [1.807, 2.05) is 18.2 Å². The van der Waals surface area contributed by atoms with Gasteiger partial charge in [0.15, 0.2) is 11.5 Å². The van der Waals surface area contributed by atoms with Crippen molar-refractivity contribution in [2.24, 2.45) is 0 Å². The lowest BCUT2D eigenvalue weighted by atomic mass is 10.0. The van der Waals surface area contributed by atoms with E-state index in [0.29, 0.717) is 69.2 Å². The van der Waals surface area contributed by atoms with E-state index >= 15 is 0 Å². The summed E-state index contributed by atoms with van der Waals surface area (Å²) >= 11 is 12.4. The first kappa shape index (κ1) is 22.6. The molecular weight excluding hydrogens is 477 g/mol. The molecule has 0 N–H and O–H groups in total. The number of nitrogens with zero attached hydrogens (tertiary/aromatic N) is 1. The highest BCUT2D eigenvalue weighted by atomic mass is 35.5. The molecule has 3 aromatic carbocycles. The van der Waals surface area contributed by atoms with Crippen LogP contribution in [0.15, 0.2) is 64.0 Å². The Morgan fingerprint density at radius 3 is 2.59 bits per heavy atom. The number of hydrogen-bond acceptors (Lipinski definition) is 6. The van der Waals surface area contributed by atoms with Crippen molar-refractivity contribution >= 4 is 34.2 Å². The smallest absolute Gasteiger partial charge is 0.200 e. The van der Waals surface area contributed by atoms with Crippen LogP contribution in [0, 0.1) is 0 Å². The third-order valence-corrected chi connectivity index (χ3v) is 6.48. The van der Waals surface area contributed by atoms with Gasteiger partial charge in [0, 0.05) is 23.1 Å². The molecule has 8 heteroatoms. The van der Waals surface area contributed by atoms with Crippen LogP contribution in [0.1, 0.15) is 11.1 Å². The second-order valence-corrected chi connectivity index (χ2v) is 8.81. The molecule has 4 aromatic rings. The molecule has 0 bridgehead atoms. The Hall–Kier alpha value is -3.19. The third kappa shape index (κ3) is 4.09. The lowest BCUT2D eigenvalue weighted by molar-refractivity contribution is 0.0890. The largest absolute Gasteiger partial charge is 0.493 e. The van der Waals surface area contributed by atoms with Gasteiger partial charge in [-0.1, -0.05) is 35.3 Å². The van der Waals surface area contributed by atoms with Crippen molar-refractivity contribution in [3.05, 3.63) is 86.2 Å². The zero-order chi connectivity index (χ0) is 23.8. The van der Waals surface area contributed by atoms with E-state index in [9.17, 15) is 4.79 Å². The Kier molecular flexibility index (Phi) is 6.13. The second-order valence-electron chi connectivity index (χ2n) is 7.96. The Morgan fingerprint density at radius 1 is 1.00 bits per heavy atom. The van der Waals surface area contributed by atoms with E-state index in [0.717, 1.165) is 11.1 Å². The number of methoxy groups -OCH3 is 2. The molecule has 34 heavy (non-hydrogen) atoms. The van der Waals surface area contributed by atoms with Crippen molar-refractivity contribution in [1.29, 1.82) is 0 Å². The number of hydrogen-bond donors (Lipinski definition) is 0. The van der Waals surface area contributed by atoms with Crippen LogP contribution in [0.25, 0.3) is 22.1 Å². The maximum absolute atomic E-state index is 13.4. The predicted molar refractivity (Wildman–Crippen MR) is 132 cm³/mol. The van der Waals surface area contributed by atoms with Crippen molar-refractivity contribution in [2.45, 2.75) is 13.1 Å². The van der Waals surface area contributed by atoms with Gasteiger partial charge in [-0.15, -0.1) is 0 Å². The van der Waals surface area contributed by atoms with Crippen LogP contribution in [-0.4, -0.2) is 25.9 Å². The van der Waals surface area contributed by atoms with Gasteiger partial charge in [-0.05, 0) is 47.5 Å². The highest BCUT2D eigenvalue weighted by molar-refractivity contribution is 6.35. The second kappa shape index (κ2) is 9.22. The first-order valence-electron chi connectivity index (χ1n) is 10.6. The van der Waals surface area contributed by atoms with Gasteiger partial charge in [-0.3, -0.25) is 9.69 Å². The van der Waals surface area contributed by atoms with Crippen molar-refractivity contribution in [3.8, 4) is 28.4 Å². The summed E-state index contributed by atoms with van der Waals surface area (Å²) in [6.45, 7) is 1.51. The minimum Gasteiger partial charge on any atom is -0.493 e. The fourth-order valence-corrected chi connectivity index (χ4v) is 4.62. The molecule has 0 saturated heterocycles. The number of benzene rings is 3. The van der Waals surface area contributed by atoms with Gasteiger partial charge in [0.05, 0.1) is 30.7 Å². The average Bonchev–Trinajstić information content (AvgIpc) is 2.85. The van der Waals surface area contributed by atoms with Crippen LogP contribution < -0.4 is 19.6 Å². The van der Waals surface area contributed by atoms with Gasteiger partial charge in [-0.25, -0.2) is 0 Å². The highest BCUT2D eigenvalue weighted by Gasteiger charge is 2.23. The van der Waals surface area contributed by atoms with Gasteiger partial charge < -0.3 is 18.6 Å². The summed E-state index contributed by atoms with van der Waals surface area (Å²) in [5.74, 6) is 1.83. The molecule has 0 aliphatic carbocycles. The molecular formula is C26H21Cl2NO5. The summed E-state index contributed by atoms with van der Waals surface area (Å²) in [5, 5.41) is 1.68. The molecule has 0 fully saturated rings. The Bertz CT molecular complexity index is 1450. The van der Waals surface area contributed by atoms with Gasteiger partial charge in [0.1, 0.15) is 24.3 Å². The number of rotatable bonds is 5. The quantitative estimate of drug-likeness (QED) is 0.330. The van der Waals surface area contributed by atoms with E-state index in [2.05, 4.69) is 4.90 Å². The Balaban J connectivity index is 1.51. The normalized spacial score (nSPS) is 13.4. The van der Waals surface area contributed by atoms with Crippen molar-refractivity contribution < 1.29 is 18.6 Å². The summed E-state index contributed by atoms with van der Waals surface area (Å²) in [6.07, 6.45) is 1.49. The molecule has 0 spiro atoms. The first-order chi connectivity index (χ1) is 16.5. The monoisotopic (exact) mass is 497 g/mol. The zero-order valence-corrected chi connectivity index (χ0v) is 20.1. The fraction of sp³-hybridized carbons (Fsp3) is 0.192. The van der Waals surface area contributed by atoms with E-state index in [1.165, 1.54) is 6.26 Å². The van der Waals surface area contributed by atoms with Crippen LogP contribution in [0.2, 0.25) is 10.0 Å². The Labute approximate surface area is 206 Å². The predicted octanol–water partition coefficient (Wildman–Crippen LogP) is 6.14. The first-order valence-corrected chi connectivity index (χ1v) is 11.3. The molecule has 6 nitrogen and oxygen atoms in total. The van der Waals surface area contributed by atoms with E-state index in [-0.39, 0.29) is 5.43 Å². The van der Waals surface area contributed by atoms with Crippen LogP contribution in [0.4, 0.5) is 0 Å². The molecule has 1 aromatic heterocycles. The number of ether oxygens (including phenoxy) is 3. The lowest BCUT2D eigenvalue weighted by Crippen LogP contribution is -2.31. The lowest BCUT2D eigenvalue weighted by Gasteiger charge is -2.29. The molecule has 0 radical (unpaired) electrons. The van der Waals surface area contributed by atoms with Gasteiger partial charge in [0.25, 0.3) is 0 Å². The molecule has 1 aliphatic rings. The number of halogens is 2. The molecule has 2 heterocycles. The van der Waals surface area contributed by atoms with E-state index < -0.39 is 0 Å². The molecule has 174 valence electrons. The van der Waals surface area contributed by atoms with Crippen LogP contribution in [0.5, 0.6) is 17.2 Å². The van der Waals surface area contributed by atoms with Crippen molar-refractivity contribution in [1.82, 2.24) is 4.90 Å². The summed E-state index contributed by atoms with van der Waals surface area (Å²) in [5.41, 5.74) is 3.27. The van der Waals surface area contributed by atoms with Gasteiger partial charge >= 0.3 is 0 Å². The fourth-order valence-electron chi connectivity index (χ4n) is 4.15. The SMILES string of the molecule is COc1ccc(-c2coc3c4c(ccc3c2=O)OCN(Cc2ccc(Cl)cc2Cl)C4)cc1OC. The highest BCUT2D eigenvalue weighted by Crippen LogP contribution is 2.35. The number of fused-ring (bicyclic) bond motifs is 3. The van der Waals surface area contributed by atoms with Crippen molar-refractivity contribution in [2.75, 3.05) is 21.0 Å². The van der Waals surface area contributed by atoms with E-state index in [4.69, 9.17) is 41.8 Å². The third-order valence-electron chi connectivity index (χ3n) is 5.89. The zero-order valence-electron chi connectivity index (χ0n) is 18.6. The summed E-state index contributed by atoms with van der Waals surface area (Å²) in [7, 11) is 3.12. The standard InChI is InChI=1S/C26H21Cl2NO5/c1-31-23-7-4-15(9-24(23)32-2)20-13-33-26-18(25(20)30)6-8-22-19(26)12-29(14-34-22)11-16-3-5-17(27)10-21(16)28/h3-10,13H,11-12,14H2,1-2H3. The van der Waals surface area contributed by atoms with Crippen LogP contribution >= 0.6 is 23.2 Å². The van der Waals surface area contributed by atoms with E-state index in [1.54, 1.807) is 44.6 Å². The molecule has 0 atom stereocenters. The summed E-state index contributed by atoms with van der Waals surface area (Å²) in [6, 6.07) is 14.3. The van der Waals surface area contributed by atoms with Crippen molar-refractivity contribution in [3.63, 3.8) is 0 Å². The van der Waals surface area contributed by atoms with Gasteiger partial charge in [-0.2, -0.15) is 0 Å². The molecule has 0 saturated carbocycles. The molecule has 0 unspecified atom stereocenters. The van der Waals surface area contributed by atoms with Gasteiger partial charge in [0.2, 0.25) is 5.43 Å². The summed E-state index contributed by atoms with van der Waals surface area (Å²) < 4.78 is 22.7. The summed E-state index contributed by atoms with van der Waals surface area (Å²) in [4.78, 5) is 15.5. The molecule has 0 amide bonds. The minimum absolute atomic E-state index is 0.130. The average molecular weight is 498 g/mol. The topological polar surface area (TPSA) is 61.1 Å².